The summed E-state index contributed by atoms with van der Waals surface area (Å²) in [6, 6.07) is 1.55. The predicted octanol–water partition coefficient (Wildman–Crippen LogP) is 3.28. The topological polar surface area (TPSA) is 15.3 Å². The molecule has 1 heterocycles. The lowest BCUT2D eigenvalue weighted by Crippen LogP contribution is -2.56. The lowest BCUT2D eigenvalue weighted by atomic mass is 9.80. The zero-order valence-corrected chi connectivity index (χ0v) is 12.9. The van der Waals surface area contributed by atoms with Gasteiger partial charge in [0.05, 0.1) is 0 Å². The van der Waals surface area contributed by atoms with Gasteiger partial charge in [-0.25, -0.2) is 0 Å². The molecule has 19 heavy (non-hydrogen) atoms. The molecule has 3 rings (SSSR count). The van der Waals surface area contributed by atoms with Crippen molar-refractivity contribution in [1.82, 2.24) is 10.2 Å². The molecule has 110 valence electrons. The van der Waals surface area contributed by atoms with Crippen molar-refractivity contribution in [2.75, 3.05) is 19.6 Å². The highest BCUT2D eigenvalue weighted by Crippen LogP contribution is 2.35. The average Bonchev–Trinajstić information content (AvgIpc) is 3.22. The van der Waals surface area contributed by atoms with Crippen molar-refractivity contribution >= 4 is 0 Å². The third-order valence-corrected chi connectivity index (χ3v) is 5.79. The molecule has 2 heteroatoms. The maximum absolute atomic E-state index is 3.76. The van der Waals surface area contributed by atoms with Crippen molar-refractivity contribution in [3.05, 3.63) is 0 Å². The van der Waals surface area contributed by atoms with E-state index in [1.165, 1.54) is 64.6 Å². The maximum Gasteiger partial charge on any atom is 0.0224 e. The highest BCUT2D eigenvalue weighted by atomic mass is 15.2. The van der Waals surface area contributed by atoms with Gasteiger partial charge in [-0.05, 0) is 56.9 Å². The van der Waals surface area contributed by atoms with Gasteiger partial charge in [-0.15, -0.1) is 0 Å². The van der Waals surface area contributed by atoms with Crippen LogP contribution < -0.4 is 5.32 Å². The Bertz CT molecular complexity index is 287. The molecule has 2 saturated carbocycles. The van der Waals surface area contributed by atoms with Gasteiger partial charge in [0.2, 0.25) is 0 Å². The Kier molecular flexibility index (Phi) is 4.48. The Balaban J connectivity index is 1.44. The number of nitrogens with one attached hydrogen (secondary N) is 1. The van der Waals surface area contributed by atoms with E-state index in [-0.39, 0.29) is 0 Å². The quantitative estimate of drug-likeness (QED) is 0.838. The van der Waals surface area contributed by atoms with E-state index in [1.807, 2.05) is 0 Å². The predicted molar refractivity (Wildman–Crippen MR) is 81.3 cm³/mol. The van der Waals surface area contributed by atoms with Gasteiger partial charge in [0.25, 0.3) is 0 Å². The number of nitrogens with zero attached hydrogens (tertiary/aromatic N) is 1. The minimum Gasteiger partial charge on any atom is -0.311 e. The summed E-state index contributed by atoms with van der Waals surface area (Å²) >= 11 is 0. The van der Waals surface area contributed by atoms with Gasteiger partial charge < -0.3 is 5.32 Å². The highest BCUT2D eigenvalue weighted by molar-refractivity contribution is 4.93. The van der Waals surface area contributed by atoms with Crippen molar-refractivity contribution in [1.29, 1.82) is 0 Å². The van der Waals surface area contributed by atoms with Crippen molar-refractivity contribution in [3.63, 3.8) is 0 Å². The summed E-state index contributed by atoms with van der Waals surface area (Å²) in [4.78, 5) is 2.78. The van der Waals surface area contributed by atoms with Crippen LogP contribution in [-0.2, 0) is 0 Å². The molecular formula is C17H32N2. The third-order valence-electron chi connectivity index (χ3n) is 5.79. The molecule has 4 atom stereocenters. The Morgan fingerprint density at radius 3 is 2.68 bits per heavy atom. The van der Waals surface area contributed by atoms with Gasteiger partial charge in [-0.1, -0.05) is 26.2 Å². The fourth-order valence-electron chi connectivity index (χ4n) is 4.24. The van der Waals surface area contributed by atoms with E-state index in [4.69, 9.17) is 0 Å². The first-order valence-corrected chi connectivity index (χ1v) is 8.70. The molecule has 0 aromatic heterocycles. The monoisotopic (exact) mass is 264 g/mol. The van der Waals surface area contributed by atoms with Gasteiger partial charge in [0.1, 0.15) is 0 Å². The van der Waals surface area contributed by atoms with Crippen LogP contribution in [0.25, 0.3) is 0 Å². The average molecular weight is 264 g/mol. The first-order valence-electron chi connectivity index (χ1n) is 8.70. The summed E-state index contributed by atoms with van der Waals surface area (Å²) < 4.78 is 0. The summed E-state index contributed by atoms with van der Waals surface area (Å²) in [5.41, 5.74) is 0. The van der Waals surface area contributed by atoms with Crippen LogP contribution in [0.2, 0.25) is 0 Å². The van der Waals surface area contributed by atoms with Crippen LogP contribution in [0.4, 0.5) is 0 Å². The Morgan fingerprint density at radius 1 is 1.11 bits per heavy atom. The van der Waals surface area contributed by atoms with Gasteiger partial charge in [0.15, 0.2) is 0 Å². The van der Waals surface area contributed by atoms with E-state index in [0.717, 1.165) is 29.8 Å². The molecule has 0 aromatic carbocycles. The zero-order valence-electron chi connectivity index (χ0n) is 12.9. The number of hydrogen-bond donors (Lipinski definition) is 1. The first kappa shape index (κ1) is 13.9. The normalized spacial score (nSPS) is 41.4. The fourth-order valence-corrected chi connectivity index (χ4v) is 4.24. The van der Waals surface area contributed by atoms with E-state index < -0.39 is 0 Å². The summed E-state index contributed by atoms with van der Waals surface area (Å²) in [6.07, 6.45) is 10.3. The molecule has 0 amide bonds. The molecule has 0 bridgehead atoms. The maximum atomic E-state index is 3.76. The van der Waals surface area contributed by atoms with E-state index in [0.29, 0.717) is 0 Å². The summed E-state index contributed by atoms with van der Waals surface area (Å²) in [7, 11) is 0. The molecule has 1 saturated heterocycles. The van der Waals surface area contributed by atoms with Crippen LogP contribution in [0.3, 0.4) is 0 Å². The standard InChI is InChI=1S/C17H32N2/c1-13-4-3-5-15(10-13)8-9-19-12-17(16-6-7-16)18-11-14(19)2/h13-18H,3-12H2,1-2H3. The molecule has 3 aliphatic rings. The van der Waals surface area contributed by atoms with E-state index in [2.05, 4.69) is 24.1 Å². The first-order chi connectivity index (χ1) is 9.22. The van der Waals surface area contributed by atoms with Gasteiger partial charge >= 0.3 is 0 Å². The van der Waals surface area contributed by atoms with Crippen LogP contribution >= 0.6 is 0 Å². The summed E-state index contributed by atoms with van der Waals surface area (Å²) in [6.45, 7) is 8.72. The van der Waals surface area contributed by atoms with Crippen molar-refractivity contribution in [2.24, 2.45) is 17.8 Å². The second-order valence-electron chi connectivity index (χ2n) is 7.62. The molecule has 2 nitrogen and oxygen atoms in total. The molecule has 1 N–H and O–H groups in total. The third kappa shape index (κ3) is 3.72. The molecule has 3 fully saturated rings. The SMILES string of the molecule is CC1CCCC(CCN2CC(C3CC3)NCC2C)C1. The van der Waals surface area contributed by atoms with Crippen LogP contribution in [0.15, 0.2) is 0 Å². The van der Waals surface area contributed by atoms with Crippen molar-refractivity contribution in [3.8, 4) is 0 Å². The molecule has 1 aliphatic heterocycles. The highest BCUT2D eigenvalue weighted by Gasteiger charge is 2.36. The smallest absolute Gasteiger partial charge is 0.0224 e. The summed E-state index contributed by atoms with van der Waals surface area (Å²) in [5.74, 6) is 3.01. The van der Waals surface area contributed by atoms with Crippen LogP contribution in [0, 0.1) is 17.8 Å². The second kappa shape index (κ2) is 6.13. The number of piperazine rings is 1. The number of hydrogen-bond acceptors (Lipinski definition) is 2. The Morgan fingerprint density at radius 2 is 1.95 bits per heavy atom. The fraction of sp³-hybridized carbons (Fsp3) is 1.00. The van der Waals surface area contributed by atoms with Gasteiger partial charge in [-0.3, -0.25) is 4.90 Å². The van der Waals surface area contributed by atoms with Crippen LogP contribution in [-0.4, -0.2) is 36.6 Å². The van der Waals surface area contributed by atoms with E-state index in [1.54, 1.807) is 0 Å². The second-order valence-corrected chi connectivity index (χ2v) is 7.62. The number of rotatable bonds is 4. The van der Waals surface area contributed by atoms with Crippen molar-refractivity contribution in [2.45, 2.75) is 70.9 Å². The largest absolute Gasteiger partial charge is 0.311 e. The minimum absolute atomic E-state index is 0.746. The molecule has 2 aliphatic carbocycles. The van der Waals surface area contributed by atoms with Gasteiger partial charge in [0, 0.05) is 25.2 Å². The zero-order chi connectivity index (χ0) is 13.2. The van der Waals surface area contributed by atoms with E-state index >= 15 is 0 Å². The Labute approximate surface area is 119 Å². The molecule has 4 unspecified atom stereocenters. The molecular weight excluding hydrogens is 232 g/mol. The molecule has 0 radical (unpaired) electrons. The Hall–Kier alpha value is -0.0800. The minimum atomic E-state index is 0.746. The summed E-state index contributed by atoms with van der Waals surface area (Å²) in [5, 5.41) is 3.76. The lowest BCUT2D eigenvalue weighted by Gasteiger charge is -2.40. The van der Waals surface area contributed by atoms with Crippen molar-refractivity contribution < 1.29 is 0 Å². The van der Waals surface area contributed by atoms with E-state index in [9.17, 15) is 0 Å². The van der Waals surface area contributed by atoms with Crippen LogP contribution in [0.1, 0.15) is 58.8 Å². The lowest BCUT2D eigenvalue weighted by molar-refractivity contribution is 0.117. The molecule has 0 aromatic rings. The molecule has 0 spiro atoms. The van der Waals surface area contributed by atoms with Gasteiger partial charge in [-0.2, -0.15) is 0 Å². The van der Waals surface area contributed by atoms with Crippen LogP contribution in [0.5, 0.6) is 0 Å².